The minimum Gasteiger partial charge on any atom is -0.465 e. The van der Waals surface area contributed by atoms with Gasteiger partial charge in [0.25, 0.3) is 0 Å². The van der Waals surface area contributed by atoms with E-state index < -0.39 is 39.8 Å². The Morgan fingerprint density at radius 1 is 1.27 bits per heavy atom. The third kappa shape index (κ3) is 3.89. The van der Waals surface area contributed by atoms with Gasteiger partial charge in [-0.1, -0.05) is 18.2 Å². The first-order chi connectivity index (χ1) is 12.2. The Hall–Kier alpha value is -3.61. The first kappa shape index (κ1) is 18.7. The van der Waals surface area contributed by atoms with Gasteiger partial charge >= 0.3 is 18.0 Å². The van der Waals surface area contributed by atoms with Crippen molar-refractivity contribution in [1.29, 1.82) is 5.26 Å². The monoisotopic (exact) mass is 366 g/mol. The van der Waals surface area contributed by atoms with Crippen LogP contribution in [0.2, 0.25) is 0 Å². The van der Waals surface area contributed by atoms with Crippen LogP contribution in [0.1, 0.15) is 15.9 Å². The standard InChI is InChI=1S/C16H9F3N2O5/c1-25-15(22)12-6-5-11(13(8-20)14(12)21(23)24)9-3-2-4-10(7-9)26-16(17,18)19/h2-7H,1H3. The van der Waals surface area contributed by atoms with Crippen LogP contribution in [0.25, 0.3) is 11.1 Å². The van der Waals surface area contributed by atoms with E-state index in [2.05, 4.69) is 9.47 Å². The third-order valence-electron chi connectivity index (χ3n) is 3.26. The molecule has 26 heavy (non-hydrogen) atoms. The van der Waals surface area contributed by atoms with Crippen molar-refractivity contribution >= 4 is 11.7 Å². The van der Waals surface area contributed by atoms with Gasteiger partial charge in [-0.3, -0.25) is 10.1 Å². The van der Waals surface area contributed by atoms with E-state index in [0.717, 1.165) is 25.3 Å². The number of benzene rings is 2. The van der Waals surface area contributed by atoms with E-state index in [1.165, 1.54) is 18.2 Å². The molecule has 0 aliphatic heterocycles. The quantitative estimate of drug-likeness (QED) is 0.463. The number of alkyl halides is 3. The van der Waals surface area contributed by atoms with Gasteiger partial charge in [0.2, 0.25) is 0 Å². The van der Waals surface area contributed by atoms with E-state index in [9.17, 15) is 33.3 Å². The fourth-order valence-electron chi connectivity index (χ4n) is 2.27. The normalized spacial score (nSPS) is 10.7. The molecule has 0 fully saturated rings. The molecule has 0 bridgehead atoms. The molecule has 0 N–H and O–H groups in total. The lowest BCUT2D eigenvalue weighted by molar-refractivity contribution is -0.385. The van der Waals surface area contributed by atoms with Crippen molar-refractivity contribution in [2.75, 3.05) is 7.11 Å². The molecule has 0 atom stereocenters. The Morgan fingerprint density at radius 3 is 2.50 bits per heavy atom. The van der Waals surface area contributed by atoms with Gasteiger partial charge in [-0.05, 0) is 23.8 Å². The number of hydrogen-bond acceptors (Lipinski definition) is 6. The molecule has 134 valence electrons. The van der Waals surface area contributed by atoms with Gasteiger partial charge in [-0.15, -0.1) is 13.2 Å². The number of methoxy groups -OCH3 is 1. The number of carbonyl (C=O) groups is 1. The minimum absolute atomic E-state index is 0.0283. The van der Waals surface area contributed by atoms with Crippen LogP contribution in [-0.4, -0.2) is 24.4 Å². The lowest BCUT2D eigenvalue weighted by Gasteiger charge is -2.11. The summed E-state index contributed by atoms with van der Waals surface area (Å²) in [7, 11) is 1.02. The second-order valence-electron chi connectivity index (χ2n) is 4.82. The fraction of sp³-hybridized carbons (Fsp3) is 0.125. The van der Waals surface area contributed by atoms with E-state index in [-0.39, 0.29) is 11.1 Å². The number of carbonyl (C=O) groups excluding carboxylic acids is 1. The molecular weight excluding hydrogens is 357 g/mol. The number of nitriles is 1. The second-order valence-corrected chi connectivity index (χ2v) is 4.82. The van der Waals surface area contributed by atoms with Gasteiger partial charge in [-0.2, -0.15) is 5.26 Å². The van der Waals surface area contributed by atoms with Crippen LogP contribution in [0, 0.1) is 21.4 Å². The summed E-state index contributed by atoms with van der Waals surface area (Å²) in [6, 6.07) is 8.50. The Bertz CT molecular complexity index is 919. The molecule has 0 aliphatic rings. The molecule has 2 rings (SSSR count). The number of nitrogens with zero attached hydrogens (tertiary/aromatic N) is 2. The number of rotatable bonds is 4. The average molecular weight is 366 g/mol. The highest BCUT2D eigenvalue weighted by atomic mass is 19.4. The van der Waals surface area contributed by atoms with Crippen LogP contribution >= 0.6 is 0 Å². The molecule has 0 radical (unpaired) electrons. The van der Waals surface area contributed by atoms with Gasteiger partial charge in [0.05, 0.1) is 12.0 Å². The number of nitro benzene ring substituents is 1. The van der Waals surface area contributed by atoms with Gasteiger partial charge in [-0.25, -0.2) is 4.79 Å². The van der Waals surface area contributed by atoms with Crippen LogP contribution in [-0.2, 0) is 4.74 Å². The lowest BCUT2D eigenvalue weighted by atomic mass is 9.96. The average Bonchev–Trinajstić information content (AvgIpc) is 2.58. The highest BCUT2D eigenvalue weighted by Gasteiger charge is 2.32. The van der Waals surface area contributed by atoms with Crippen molar-refractivity contribution in [2.45, 2.75) is 6.36 Å². The molecule has 0 saturated heterocycles. The molecule has 0 heterocycles. The molecule has 0 spiro atoms. The van der Waals surface area contributed by atoms with Crippen LogP contribution in [0.3, 0.4) is 0 Å². The minimum atomic E-state index is -4.92. The predicted molar refractivity (Wildman–Crippen MR) is 81.3 cm³/mol. The van der Waals surface area contributed by atoms with Crippen molar-refractivity contribution in [3.8, 4) is 22.9 Å². The van der Waals surface area contributed by atoms with Crippen LogP contribution < -0.4 is 4.74 Å². The Kier molecular flexibility index (Phi) is 5.11. The zero-order valence-corrected chi connectivity index (χ0v) is 13.0. The molecule has 0 saturated carbocycles. The van der Waals surface area contributed by atoms with E-state index in [1.54, 1.807) is 6.07 Å². The maximum atomic E-state index is 12.4. The first-order valence-electron chi connectivity index (χ1n) is 6.84. The first-order valence-corrected chi connectivity index (χ1v) is 6.84. The molecule has 7 nitrogen and oxygen atoms in total. The number of hydrogen-bond donors (Lipinski definition) is 0. The highest BCUT2D eigenvalue weighted by molar-refractivity contribution is 5.97. The number of halogens is 3. The smallest absolute Gasteiger partial charge is 0.465 e. The van der Waals surface area contributed by atoms with Crippen molar-refractivity contribution in [1.82, 2.24) is 0 Å². The topological polar surface area (TPSA) is 102 Å². The van der Waals surface area contributed by atoms with E-state index in [0.29, 0.717) is 0 Å². The van der Waals surface area contributed by atoms with E-state index in [4.69, 9.17) is 0 Å². The number of nitro groups is 1. The van der Waals surface area contributed by atoms with E-state index in [1.807, 2.05) is 0 Å². The highest BCUT2D eigenvalue weighted by Crippen LogP contribution is 2.35. The molecular formula is C16H9F3N2O5. The zero-order valence-electron chi connectivity index (χ0n) is 13.0. The van der Waals surface area contributed by atoms with Gasteiger partial charge < -0.3 is 9.47 Å². The molecule has 0 amide bonds. The van der Waals surface area contributed by atoms with Crippen LogP contribution in [0.15, 0.2) is 36.4 Å². The van der Waals surface area contributed by atoms with Crippen molar-refractivity contribution in [2.24, 2.45) is 0 Å². The maximum Gasteiger partial charge on any atom is 0.573 e. The third-order valence-corrected chi connectivity index (χ3v) is 3.26. The Labute approximate surface area is 144 Å². The van der Waals surface area contributed by atoms with Crippen molar-refractivity contribution in [3.05, 3.63) is 57.6 Å². The largest absolute Gasteiger partial charge is 0.573 e. The van der Waals surface area contributed by atoms with Crippen LogP contribution in [0.4, 0.5) is 18.9 Å². The SMILES string of the molecule is COC(=O)c1ccc(-c2cccc(OC(F)(F)F)c2)c(C#N)c1[N+](=O)[O-]. The molecule has 0 aliphatic carbocycles. The lowest BCUT2D eigenvalue weighted by Crippen LogP contribution is -2.17. The van der Waals surface area contributed by atoms with Gasteiger partial charge in [0.1, 0.15) is 22.9 Å². The summed E-state index contributed by atoms with van der Waals surface area (Å²) in [4.78, 5) is 22.1. The number of esters is 1. The maximum absolute atomic E-state index is 12.4. The molecule has 10 heteroatoms. The summed E-state index contributed by atoms with van der Waals surface area (Å²) in [5.74, 6) is -1.58. The summed E-state index contributed by atoms with van der Waals surface area (Å²) < 4.78 is 45.3. The zero-order chi connectivity index (χ0) is 19.5. The summed E-state index contributed by atoms with van der Waals surface area (Å²) >= 11 is 0. The van der Waals surface area contributed by atoms with Crippen LogP contribution in [0.5, 0.6) is 5.75 Å². The van der Waals surface area contributed by atoms with Crippen molar-refractivity contribution < 1.29 is 32.4 Å². The molecule has 0 unspecified atom stereocenters. The van der Waals surface area contributed by atoms with Gasteiger partial charge in [0.15, 0.2) is 0 Å². The molecule has 2 aromatic carbocycles. The Balaban J connectivity index is 2.67. The molecule has 2 aromatic rings. The summed E-state index contributed by atoms with van der Waals surface area (Å²) in [6.45, 7) is 0. The summed E-state index contributed by atoms with van der Waals surface area (Å²) in [5.41, 5.74) is -1.68. The predicted octanol–water partition coefficient (Wildman–Crippen LogP) is 3.82. The van der Waals surface area contributed by atoms with Gasteiger partial charge in [0, 0.05) is 5.56 Å². The summed E-state index contributed by atoms with van der Waals surface area (Å²) in [6.07, 6.45) is -4.92. The van der Waals surface area contributed by atoms with E-state index >= 15 is 0 Å². The fourth-order valence-corrected chi connectivity index (χ4v) is 2.27. The summed E-state index contributed by atoms with van der Waals surface area (Å²) in [5, 5.41) is 20.7. The van der Waals surface area contributed by atoms with Crippen molar-refractivity contribution in [3.63, 3.8) is 0 Å². The molecule has 0 aromatic heterocycles. The Morgan fingerprint density at radius 2 is 1.96 bits per heavy atom. The second kappa shape index (κ2) is 7.10. The number of ether oxygens (including phenoxy) is 2.